The fourth-order valence-corrected chi connectivity index (χ4v) is 1.68. The van der Waals surface area contributed by atoms with Gasteiger partial charge in [-0.15, -0.1) is 6.42 Å². The van der Waals surface area contributed by atoms with Crippen molar-refractivity contribution >= 4 is 0 Å². The third kappa shape index (κ3) is 1.81. The molecule has 14 heavy (non-hydrogen) atoms. The van der Waals surface area contributed by atoms with Gasteiger partial charge in [-0.2, -0.15) is 0 Å². The maximum absolute atomic E-state index is 5.41. The van der Waals surface area contributed by atoms with Crippen LogP contribution in [-0.4, -0.2) is 0 Å². The zero-order valence-electron chi connectivity index (χ0n) is 8.14. The monoisotopic (exact) mass is 180 g/mol. The highest BCUT2D eigenvalue weighted by Gasteiger charge is 2.01. The standard InChI is InChI=1S/C14H12/c1-2-13-10-9-12-7-5-3-4-6-8-14(13)11-12/h1,9-11H,3-5,7H2. The molecular formula is C14H12. The van der Waals surface area contributed by atoms with Crippen LogP contribution in [0.1, 0.15) is 36.0 Å². The molecule has 0 heteroatoms. The molecule has 1 aromatic rings. The van der Waals surface area contributed by atoms with Gasteiger partial charge in [0.2, 0.25) is 0 Å². The Morgan fingerprint density at radius 1 is 1.29 bits per heavy atom. The van der Waals surface area contributed by atoms with Crippen LogP contribution in [0.4, 0.5) is 0 Å². The molecule has 1 aliphatic carbocycles. The van der Waals surface area contributed by atoms with Crippen molar-refractivity contribution in [2.24, 2.45) is 0 Å². The normalized spacial score (nSPS) is 13.9. The number of hydrogen-bond acceptors (Lipinski definition) is 0. The van der Waals surface area contributed by atoms with Crippen LogP contribution in [-0.2, 0) is 6.42 Å². The highest BCUT2D eigenvalue weighted by Crippen LogP contribution is 2.14. The number of benzene rings is 1. The van der Waals surface area contributed by atoms with Crippen LogP contribution in [0.2, 0.25) is 0 Å². The average molecular weight is 180 g/mol. The van der Waals surface area contributed by atoms with E-state index in [1.807, 2.05) is 6.07 Å². The summed E-state index contributed by atoms with van der Waals surface area (Å²) in [7, 11) is 0. The second-order valence-electron chi connectivity index (χ2n) is 3.53. The van der Waals surface area contributed by atoms with Gasteiger partial charge in [-0.1, -0.05) is 23.8 Å². The second kappa shape index (κ2) is 4.03. The van der Waals surface area contributed by atoms with E-state index in [0.29, 0.717) is 0 Å². The first-order chi connectivity index (χ1) is 6.90. The van der Waals surface area contributed by atoms with Crippen molar-refractivity contribution in [3.05, 3.63) is 34.9 Å². The van der Waals surface area contributed by atoms with Gasteiger partial charge >= 0.3 is 0 Å². The van der Waals surface area contributed by atoms with Crippen LogP contribution in [0.15, 0.2) is 18.2 Å². The highest BCUT2D eigenvalue weighted by atomic mass is 14.0. The Morgan fingerprint density at radius 2 is 2.21 bits per heavy atom. The van der Waals surface area contributed by atoms with E-state index in [9.17, 15) is 0 Å². The van der Waals surface area contributed by atoms with Crippen LogP contribution < -0.4 is 0 Å². The zero-order valence-corrected chi connectivity index (χ0v) is 8.14. The molecule has 0 unspecified atom stereocenters. The summed E-state index contributed by atoms with van der Waals surface area (Å²) in [5.74, 6) is 8.99. The highest BCUT2D eigenvalue weighted by molar-refractivity contribution is 5.51. The van der Waals surface area contributed by atoms with Crippen molar-refractivity contribution in [3.63, 3.8) is 0 Å². The van der Waals surface area contributed by atoms with E-state index in [4.69, 9.17) is 6.42 Å². The first-order valence-electron chi connectivity index (χ1n) is 4.98. The van der Waals surface area contributed by atoms with E-state index in [-0.39, 0.29) is 0 Å². The molecule has 0 amide bonds. The lowest BCUT2D eigenvalue weighted by Crippen LogP contribution is -1.88. The summed E-state index contributed by atoms with van der Waals surface area (Å²) in [4.78, 5) is 0. The van der Waals surface area contributed by atoms with Crippen molar-refractivity contribution < 1.29 is 0 Å². The molecule has 2 rings (SSSR count). The Hall–Kier alpha value is -1.66. The molecule has 0 nitrogen and oxygen atoms in total. The second-order valence-corrected chi connectivity index (χ2v) is 3.53. The Kier molecular flexibility index (Phi) is 2.57. The number of rotatable bonds is 0. The lowest BCUT2D eigenvalue weighted by Gasteiger charge is -2.01. The molecule has 0 aliphatic heterocycles. The Labute approximate surface area is 85.3 Å². The molecule has 0 saturated carbocycles. The number of fused-ring (bicyclic) bond motifs is 2. The summed E-state index contributed by atoms with van der Waals surface area (Å²) in [6.07, 6.45) is 9.96. The van der Waals surface area contributed by atoms with Crippen molar-refractivity contribution in [1.29, 1.82) is 0 Å². The molecule has 1 aliphatic rings. The Balaban J connectivity index is 2.50. The lowest BCUT2D eigenvalue weighted by atomic mass is 10.0. The van der Waals surface area contributed by atoms with E-state index in [2.05, 4.69) is 29.9 Å². The third-order valence-corrected chi connectivity index (χ3v) is 2.48. The largest absolute Gasteiger partial charge is 0.115 e. The van der Waals surface area contributed by atoms with E-state index >= 15 is 0 Å². The Morgan fingerprint density at radius 3 is 3.07 bits per heavy atom. The molecule has 0 radical (unpaired) electrons. The SMILES string of the molecule is C#Cc1ccc2cc1C#CCCCC2. The summed E-state index contributed by atoms with van der Waals surface area (Å²) < 4.78 is 0. The van der Waals surface area contributed by atoms with Gasteiger partial charge < -0.3 is 0 Å². The van der Waals surface area contributed by atoms with Gasteiger partial charge in [0.15, 0.2) is 0 Å². The van der Waals surface area contributed by atoms with Gasteiger partial charge in [-0.3, -0.25) is 0 Å². The lowest BCUT2D eigenvalue weighted by molar-refractivity contribution is 0.758. The maximum Gasteiger partial charge on any atom is 0.0404 e. The van der Waals surface area contributed by atoms with Crippen LogP contribution in [0.25, 0.3) is 0 Å². The molecule has 0 N–H and O–H groups in total. The fraction of sp³-hybridized carbons (Fsp3) is 0.286. The molecule has 0 spiro atoms. The van der Waals surface area contributed by atoms with Crippen LogP contribution in [0.3, 0.4) is 0 Å². The van der Waals surface area contributed by atoms with Crippen molar-refractivity contribution in [1.82, 2.24) is 0 Å². The van der Waals surface area contributed by atoms with Crippen LogP contribution in [0.5, 0.6) is 0 Å². The van der Waals surface area contributed by atoms with Gasteiger partial charge in [-0.25, -0.2) is 0 Å². The van der Waals surface area contributed by atoms with E-state index in [1.54, 1.807) is 0 Å². The minimum absolute atomic E-state index is 0.920. The average Bonchev–Trinajstić information content (AvgIpc) is 2.30. The van der Waals surface area contributed by atoms with E-state index in [1.165, 1.54) is 18.4 Å². The molecule has 0 atom stereocenters. The van der Waals surface area contributed by atoms with Gasteiger partial charge in [0.05, 0.1) is 0 Å². The number of hydrogen-bond donors (Lipinski definition) is 0. The molecular weight excluding hydrogens is 168 g/mol. The van der Waals surface area contributed by atoms with Crippen molar-refractivity contribution in [2.45, 2.75) is 25.7 Å². The zero-order chi connectivity index (χ0) is 9.80. The predicted octanol–water partition coefficient (Wildman–Crippen LogP) is 2.75. The molecule has 68 valence electrons. The number of terminal acetylenes is 1. The fourth-order valence-electron chi connectivity index (χ4n) is 1.68. The topological polar surface area (TPSA) is 0 Å². The quantitative estimate of drug-likeness (QED) is 0.538. The molecule has 1 aromatic carbocycles. The first kappa shape index (κ1) is 8.92. The summed E-state index contributed by atoms with van der Waals surface area (Å²) in [6, 6.07) is 6.25. The summed E-state index contributed by atoms with van der Waals surface area (Å²) in [5.41, 5.74) is 3.30. The molecule has 0 fully saturated rings. The van der Waals surface area contributed by atoms with Gasteiger partial charge in [0.1, 0.15) is 0 Å². The summed E-state index contributed by atoms with van der Waals surface area (Å²) in [5, 5.41) is 0. The van der Waals surface area contributed by atoms with Crippen molar-refractivity contribution in [3.8, 4) is 24.2 Å². The first-order valence-corrected chi connectivity index (χ1v) is 4.98. The molecule has 2 bridgehead atoms. The van der Waals surface area contributed by atoms with Crippen molar-refractivity contribution in [2.75, 3.05) is 0 Å². The van der Waals surface area contributed by atoms with E-state index < -0.39 is 0 Å². The van der Waals surface area contributed by atoms with Gasteiger partial charge in [-0.05, 0) is 37.0 Å². The summed E-state index contributed by atoms with van der Waals surface area (Å²) in [6.45, 7) is 0. The third-order valence-electron chi connectivity index (χ3n) is 2.48. The number of aryl methyl sites for hydroxylation is 1. The molecule has 0 saturated heterocycles. The minimum atomic E-state index is 0.920. The predicted molar refractivity (Wildman–Crippen MR) is 58.8 cm³/mol. The Bertz CT molecular complexity index is 435. The summed E-state index contributed by atoms with van der Waals surface area (Å²) >= 11 is 0. The maximum atomic E-state index is 5.41. The van der Waals surface area contributed by atoms with E-state index in [0.717, 1.165) is 24.0 Å². The van der Waals surface area contributed by atoms with Crippen LogP contribution >= 0.6 is 0 Å². The molecule has 0 heterocycles. The minimum Gasteiger partial charge on any atom is -0.115 e. The van der Waals surface area contributed by atoms with Gasteiger partial charge in [0.25, 0.3) is 0 Å². The van der Waals surface area contributed by atoms with Gasteiger partial charge in [0, 0.05) is 17.5 Å². The smallest absolute Gasteiger partial charge is 0.0404 e. The van der Waals surface area contributed by atoms with Crippen LogP contribution in [0, 0.1) is 24.2 Å². The molecule has 0 aromatic heterocycles.